The van der Waals surface area contributed by atoms with Crippen molar-refractivity contribution in [2.45, 2.75) is 37.5 Å². The van der Waals surface area contributed by atoms with Gasteiger partial charge in [-0.3, -0.25) is 9.59 Å². The summed E-state index contributed by atoms with van der Waals surface area (Å²) >= 11 is 0. The summed E-state index contributed by atoms with van der Waals surface area (Å²) < 4.78 is 39.3. The number of carbonyl (C=O) groups is 2. The van der Waals surface area contributed by atoms with Crippen LogP contribution in [0.3, 0.4) is 0 Å². The lowest BCUT2D eigenvalue weighted by Crippen LogP contribution is -2.68. The smallest absolute Gasteiger partial charge is 0.391 e. The average Bonchev–Trinajstić information content (AvgIpc) is 3.38. The normalized spacial score (nSPS) is 25.0. The lowest BCUT2D eigenvalue weighted by atomic mass is 9.70. The number of aliphatic hydroxyl groups is 1. The van der Waals surface area contributed by atoms with Crippen LogP contribution in [0.15, 0.2) is 12.1 Å². The maximum Gasteiger partial charge on any atom is 0.433 e. The Morgan fingerprint density at radius 1 is 1.31 bits per heavy atom. The highest BCUT2D eigenvalue weighted by molar-refractivity contribution is 5.95. The highest BCUT2D eigenvalue weighted by Gasteiger charge is 2.53. The minimum atomic E-state index is -4.62. The van der Waals surface area contributed by atoms with Crippen molar-refractivity contribution in [2.24, 2.45) is 5.41 Å². The van der Waals surface area contributed by atoms with Crippen LogP contribution in [0.2, 0.25) is 0 Å². The number of nitrogens with zero attached hydrogens (tertiary/aromatic N) is 2. The van der Waals surface area contributed by atoms with Gasteiger partial charge >= 0.3 is 6.18 Å². The van der Waals surface area contributed by atoms with Crippen LogP contribution in [-0.4, -0.2) is 52.5 Å². The van der Waals surface area contributed by atoms with E-state index in [1.54, 1.807) is 0 Å². The molecular formula is C17H18F3N3O3. The number of rotatable bonds is 2. The molecule has 4 rings (SSSR count). The molecular weight excluding hydrogens is 351 g/mol. The van der Waals surface area contributed by atoms with Gasteiger partial charge < -0.3 is 15.3 Å². The molecule has 0 bridgehead atoms. The first-order chi connectivity index (χ1) is 12.2. The number of alkyl halides is 3. The fourth-order valence-corrected chi connectivity index (χ4v) is 3.70. The monoisotopic (exact) mass is 369 g/mol. The Hall–Kier alpha value is -2.16. The highest BCUT2D eigenvalue weighted by atomic mass is 19.4. The van der Waals surface area contributed by atoms with E-state index in [-0.39, 0.29) is 43.4 Å². The number of β-amino-alcohol motifs (C(OH)–C–C–N with tert-alkyl or cyclic N) is 1. The van der Waals surface area contributed by atoms with E-state index < -0.39 is 29.3 Å². The first kappa shape index (κ1) is 17.3. The summed E-state index contributed by atoms with van der Waals surface area (Å²) in [4.78, 5) is 29.3. The minimum absolute atomic E-state index is 0.0181. The van der Waals surface area contributed by atoms with Crippen LogP contribution in [0, 0.1) is 5.41 Å². The summed E-state index contributed by atoms with van der Waals surface area (Å²) in [5, 5.41) is 12.7. The van der Waals surface area contributed by atoms with Crippen LogP contribution in [-0.2, 0) is 11.0 Å². The number of likely N-dealkylation sites (tertiary alicyclic amines) is 1. The predicted octanol–water partition coefficient (Wildman–Crippen LogP) is 1.30. The van der Waals surface area contributed by atoms with E-state index in [1.165, 1.54) is 11.0 Å². The second kappa shape index (κ2) is 5.67. The van der Waals surface area contributed by atoms with E-state index in [4.69, 9.17) is 0 Å². The van der Waals surface area contributed by atoms with Gasteiger partial charge in [-0.25, -0.2) is 4.98 Å². The molecule has 2 amide bonds. The summed E-state index contributed by atoms with van der Waals surface area (Å²) in [5.41, 5.74) is -1.50. The number of pyridine rings is 1. The van der Waals surface area contributed by atoms with Crippen molar-refractivity contribution in [1.82, 2.24) is 15.2 Å². The molecule has 3 fully saturated rings. The first-order valence-electron chi connectivity index (χ1n) is 8.51. The number of nitrogens with one attached hydrogen (secondary N) is 1. The zero-order chi connectivity index (χ0) is 18.7. The SMILES string of the molecule is O=C1CC2(CN(C(=O)c3cc(C4CC4)nc(C(F)(F)F)c3)C2)C(O)CN1. The molecule has 2 N–H and O–H groups in total. The summed E-state index contributed by atoms with van der Waals surface area (Å²) in [6.45, 7) is 0.436. The van der Waals surface area contributed by atoms with Crippen molar-refractivity contribution in [3.8, 4) is 0 Å². The lowest BCUT2D eigenvalue weighted by molar-refractivity contribution is -0.143. The van der Waals surface area contributed by atoms with Gasteiger partial charge in [0.25, 0.3) is 5.91 Å². The molecule has 1 aromatic rings. The van der Waals surface area contributed by atoms with Crippen LogP contribution in [0.5, 0.6) is 0 Å². The van der Waals surface area contributed by atoms with Crippen LogP contribution in [0.1, 0.15) is 46.9 Å². The molecule has 1 aliphatic carbocycles. The molecule has 9 heteroatoms. The molecule has 2 saturated heterocycles. The van der Waals surface area contributed by atoms with Gasteiger partial charge in [0.1, 0.15) is 5.69 Å². The molecule has 1 aromatic heterocycles. The minimum Gasteiger partial charge on any atom is -0.391 e. The van der Waals surface area contributed by atoms with E-state index in [9.17, 15) is 27.9 Å². The Kier molecular flexibility index (Phi) is 3.76. The molecule has 140 valence electrons. The Morgan fingerprint density at radius 3 is 2.62 bits per heavy atom. The summed E-state index contributed by atoms with van der Waals surface area (Å²) in [6, 6.07) is 2.22. The number of hydrogen-bond donors (Lipinski definition) is 2. The van der Waals surface area contributed by atoms with Gasteiger partial charge in [0, 0.05) is 48.6 Å². The van der Waals surface area contributed by atoms with Crippen molar-refractivity contribution in [2.75, 3.05) is 19.6 Å². The zero-order valence-electron chi connectivity index (χ0n) is 13.8. The predicted molar refractivity (Wildman–Crippen MR) is 83.2 cm³/mol. The first-order valence-corrected chi connectivity index (χ1v) is 8.51. The second-order valence-electron chi connectivity index (χ2n) is 7.46. The van der Waals surface area contributed by atoms with Gasteiger partial charge in [-0.15, -0.1) is 0 Å². The standard InChI is InChI=1S/C17H18F3N3O3/c18-17(19,20)12-4-10(3-11(22-12)9-1-2-9)15(26)23-7-16(8-23)5-14(25)21-6-13(16)24/h3-4,9,13,24H,1-2,5-8H2,(H,21,25). The molecule has 0 aromatic carbocycles. The van der Waals surface area contributed by atoms with Crippen LogP contribution < -0.4 is 5.32 Å². The molecule has 1 unspecified atom stereocenters. The Labute approximate surface area is 147 Å². The van der Waals surface area contributed by atoms with E-state index in [1.807, 2.05) is 0 Å². The van der Waals surface area contributed by atoms with Gasteiger partial charge in [-0.05, 0) is 25.0 Å². The molecule has 26 heavy (non-hydrogen) atoms. The van der Waals surface area contributed by atoms with Crippen molar-refractivity contribution in [3.63, 3.8) is 0 Å². The fourth-order valence-electron chi connectivity index (χ4n) is 3.70. The number of piperidine rings is 1. The topological polar surface area (TPSA) is 82.5 Å². The number of amides is 2. The Morgan fingerprint density at radius 2 is 2.00 bits per heavy atom. The molecule has 0 radical (unpaired) electrons. The fraction of sp³-hybridized carbons (Fsp3) is 0.588. The third-order valence-corrected chi connectivity index (χ3v) is 5.39. The molecule has 1 spiro atoms. The molecule has 3 aliphatic rings. The number of carbonyl (C=O) groups excluding carboxylic acids is 2. The van der Waals surface area contributed by atoms with E-state index in [2.05, 4.69) is 10.3 Å². The van der Waals surface area contributed by atoms with Gasteiger partial charge in [-0.1, -0.05) is 0 Å². The van der Waals surface area contributed by atoms with Crippen LogP contribution in [0.4, 0.5) is 13.2 Å². The van der Waals surface area contributed by atoms with Crippen LogP contribution in [0.25, 0.3) is 0 Å². The Bertz CT molecular complexity index is 770. The number of aliphatic hydroxyl groups excluding tert-OH is 1. The van der Waals surface area contributed by atoms with E-state index >= 15 is 0 Å². The molecule has 1 saturated carbocycles. The summed E-state index contributed by atoms with van der Waals surface area (Å²) in [6.07, 6.45) is -3.73. The van der Waals surface area contributed by atoms with Crippen molar-refractivity contribution >= 4 is 11.8 Å². The molecule has 6 nitrogen and oxygen atoms in total. The molecule has 2 aliphatic heterocycles. The van der Waals surface area contributed by atoms with Gasteiger partial charge in [0.05, 0.1) is 6.10 Å². The van der Waals surface area contributed by atoms with E-state index in [0.29, 0.717) is 5.69 Å². The van der Waals surface area contributed by atoms with Gasteiger partial charge in [0.2, 0.25) is 5.91 Å². The Balaban J connectivity index is 1.56. The van der Waals surface area contributed by atoms with Gasteiger partial charge in [0.15, 0.2) is 0 Å². The lowest BCUT2D eigenvalue weighted by Gasteiger charge is -2.54. The maximum absolute atomic E-state index is 13.1. The van der Waals surface area contributed by atoms with Gasteiger partial charge in [-0.2, -0.15) is 13.2 Å². The summed E-state index contributed by atoms with van der Waals surface area (Å²) in [7, 11) is 0. The average molecular weight is 369 g/mol. The summed E-state index contributed by atoms with van der Waals surface area (Å²) in [5.74, 6) is -0.735. The molecule has 1 atom stereocenters. The number of hydrogen-bond acceptors (Lipinski definition) is 4. The largest absolute Gasteiger partial charge is 0.433 e. The quantitative estimate of drug-likeness (QED) is 0.823. The van der Waals surface area contributed by atoms with Crippen LogP contribution >= 0.6 is 0 Å². The maximum atomic E-state index is 13.1. The second-order valence-corrected chi connectivity index (χ2v) is 7.46. The van der Waals surface area contributed by atoms with E-state index in [0.717, 1.165) is 18.9 Å². The zero-order valence-corrected chi connectivity index (χ0v) is 13.8. The third kappa shape index (κ3) is 2.94. The third-order valence-electron chi connectivity index (χ3n) is 5.39. The highest BCUT2D eigenvalue weighted by Crippen LogP contribution is 2.42. The van der Waals surface area contributed by atoms with Crippen molar-refractivity contribution < 1.29 is 27.9 Å². The number of aromatic nitrogens is 1. The number of halogens is 3. The van der Waals surface area contributed by atoms with Crippen molar-refractivity contribution in [1.29, 1.82) is 0 Å². The van der Waals surface area contributed by atoms with Crippen molar-refractivity contribution in [3.05, 3.63) is 29.1 Å². The molecule has 3 heterocycles.